The van der Waals surface area contributed by atoms with E-state index in [0.717, 1.165) is 43.8 Å². The molecule has 3 nitrogen and oxygen atoms in total. The summed E-state index contributed by atoms with van der Waals surface area (Å²) in [4.78, 5) is 2.79. The molecule has 0 amide bonds. The number of rotatable bonds is 6. The van der Waals surface area contributed by atoms with Crippen LogP contribution in [0.4, 0.5) is 4.39 Å². The summed E-state index contributed by atoms with van der Waals surface area (Å²) < 4.78 is 19.0. The lowest BCUT2D eigenvalue weighted by Gasteiger charge is -2.23. The number of likely N-dealkylation sites (N-methyl/N-ethyl adjacent to an activating group) is 1. The van der Waals surface area contributed by atoms with Gasteiger partial charge in [-0.05, 0) is 24.7 Å². The van der Waals surface area contributed by atoms with Crippen molar-refractivity contribution in [2.24, 2.45) is 5.73 Å². The number of ether oxygens (including phenoxy) is 1. The number of thiocarbonyl (C=S) groups is 1. The highest BCUT2D eigenvalue weighted by atomic mass is 32.1. The first-order valence-corrected chi connectivity index (χ1v) is 6.95. The molecule has 1 heterocycles. The van der Waals surface area contributed by atoms with Crippen LogP contribution in [0.5, 0.6) is 5.75 Å². The second kappa shape index (κ2) is 6.30. The summed E-state index contributed by atoms with van der Waals surface area (Å²) in [6, 6.07) is 4.70. The largest absolute Gasteiger partial charge is 0.488 e. The van der Waals surface area contributed by atoms with Crippen LogP contribution < -0.4 is 10.5 Å². The zero-order chi connectivity index (χ0) is 13.8. The van der Waals surface area contributed by atoms with Crippen LogP contribution >= 0.6 is 12.2 Å². The molecule has 104 valence electrons. The molecule has 0 radical (unpaired) electrons. The average molecular weight is 282 g/mol. The molecule has 1 unspecified atom stereocenters. The summed E-state index contributed by atoms with van der Waals surface area (Å²) >= 11 is 4.89. The van der Waals surface area contributed by atoms with Crippen molar-refractivity contribution >= 4 is 17.2 Å². The first-order chi connectivity index (χ1) is 9.08. The normalized spacial score (nSPS) is 17.3. The van der Waals surface area contributed by atoms with Gasteiger partial charge in [-0.2, -0.15) is 0 Å². The van der Waals surface area contributed by atoms with Crippen LogP contribution in [-0.2, 0) is 6.42 Å². The minimum absolute atomic E-state index is 0.0862. The highest BCUT2D eigenvalue weighted by Crippen LogP contribution is 2.29. The quantitative estimate of drug-likeness (QED) is 0.811. The number of hydrogen-bond donors (Lipinski definition) is 1. The summed E-state index contributed by atoms with van der Waals surface area (Å²) in [5.74, 6) is 0.598. The van der Waals surface area contributed by atoms with Gasteiger partial charge in [0, 0.05) is 31.5 Å². The van der Waals surface area contributed by atoms with Crippen LogP contribution in [0.2, 0.25) is 0 Å². The summed E-state index contributed by atoms with van der Waals surface area (Å²) in [5.41, 5.74) is 6.48. The van der Waals surface area contributed by atoms with Crippen molar-refractivity contribution in [1.82, 2.24) is 4.90 Å². The first-order valence-electron chi connectivity index (χ1n) is 6.54. The van der Waals surface area contributed by atoms with Gasteiger partial charge in [0.25, 0.3) is 0 Å². The molecule has 1 atom stereocenters. The number of benzene rings is 1. The Bertz CT molecular complexity index is 467. The van der Waals surface area contributed by atoms with Gasteiger partial charge >= 0.3 is 0 Å². The number of hydrogen-bond acceptors (Lipinski definition) is 3. The molecule has 2 N–H and O–H groups in total. The molecule has 0 spiro atoms. The van der Waals surface area contributed by atoms with Gasteiger partial charge in [-0.3, -0.25) is 4.90 Å². The average Bonchev–Trinajstić information content (AvgIpc) is 2.75. The van der Waals surface area contributed by atoms with E-state index in [1.165, 1.54) is 6.07 Å². The third-order valence-electron chi connectivity index (χ3n) is 3.35. The molecule has 0 aliphatic carbocycles. The van der Waals surface area contributed by atoms with E-state index in [1.807, 2.05) is 0 Å². The van der Waals surface area contributed by atoms with Gasteiger partial charge in [0.05, 0.1) is 4.99 Å². The summed E-state index contributed by atoms with van der Waals surface area (Å²) in [5, 5.41) is 0. The molecular weight excluding hydrogens is 263 g/mol. The topological polar surface area (TPSA) is 38.5 Å². The Labute approximate surface area is 118 Å². The lowest BCUT2D eigenvalue weighted by Crippen LogP contribution is -2.36. The minimum Gasteiger partial charge on any atom is -0.488 e. The van der Waals surface area contributed by atoms with Gasteiger partial charge < -0.3 is 10.5 Å². The molecule has 1 aliphatic rings. The summed E-state index contributed by atoms with van der Waals surface area (Å²) in [7, 11) is 0. The molecular formula is C14H19FN2OS. The van der Waals surface area contributed by atoms with Crippen LogP contribution in [-0.4, -0.2) is 35.6 Å². The van der Waals surface area contributed by atoms with Crippen molar-refractivity contribution < 1.29 is 9.13 Å². The van der Waals surface area contributed by atoms with Crippen LogP contribution in [0.25, 0.3) is 0 Å². The fraction of sp³-hybridized carbons (Fsp3) is 0.500. The van der Waals surface area contributed by atoms with E-state index in [-0.39, 0.29) is 11.9 Å². The standard InChI is InChI=1S/C14H19FN2OS/c1-2-17(6-5-14(16)19)9-12-8-10-7-11(15)3-4-13(10)18-12/h3-4,7,12H,2,5-6,8-9H2,1H3,(H2,16,19). The maximum absolute atomic E-state index is 13.1. The van der Waals surface area contributed by atoms with E-state index in [9.17, 15) is 4.39 Å². The highest BCUT2D eigenvalue weighted by molar-refractivity contribution is 7.80. The number of nitrogens with zero attached hydrogens (tertiary/aromatic N) is 1. The van der Waals surface area contributed by atoms with Gasteiger partial charge in [0.1, 0.15) is 17.7 Å². The molecule has 1 aromatic rings. The molecule has 1 aliphatic heterocycles. The molecule has 1 aromatic carbocycles. The molecule has 5 heteroatoms. The SMILES string of the molecule is CCN(CCC(N)=S)CC1Cc2cc(F)ccc2O1. The van der Waals surface area contributed by atoms with Crippen LogP contribution in [0.1, 0.15) is 18.9 Å². The second-order valence-corrected chi connectivity index (χ2v) is 5.33. The number of fused-ring (bicyclic) bond motifs is 1. The number of nitrogens with two attached hydrogens (primary N) is 1. The fourth-order valence-corrected chi connectivity index (χ4v) is 2.42. The van der Waals surface area contributed by atoms with Crippen molar-refractivity contribution in [3.8, 4) is 5.75 Å². The van der Waals surface area contributed by atoms with Crippen molar-refractivity contribution in [3.05, 3.63) is 29.6 Å². The first kappa shape index (κ1) is 14.2. The molecule has 0 fully saturated rings. The van der Waals surface area contributed by atoms with Crippen molar-refractivity contribution in [3.63, 3.8) is 0 Å². The van der Waals surface area contributed by atoms with E-state index < -0.39 is 0 Å². The summed E-state index contributed by atoms with van der Waals surface area (Å²) in [6.07, 6.45) is 1.57. The van der Waals surface area contributed by atoms with Crippen LogP contribution in [0, 0.1) is 5.82 Å². The molecule has 0 aromatic heterocycles. The predicted octanol–water partition coefficient (Wildman–Crippen LogP) is 2.13. The van der Waals surface area contributed by atoms with E-state index in [0.29, 0.717) is 4.99 Å². The van der Waals surface area contributed by atoms with Crippen molar-refractivity contribution in [2.75, 3.05) is 19.6 Å². The van der Waals surface area contributed by atoms with E-state index in [2.05, 4.69) is 11.8 Å². The second-order valence-electron chi connectivity index (χ2n) is 4.81. The highest BCUT2D eigenvalue weighted by Gasteiger charge is 2.24. The molecule has 0 saturated heterocycles. The van der Waals surface area contributed by atoms with E-state index in [1.54, 1.807) is 12.1 Å². The Morgan fingerprint density at radius 1 is 1.58 bits per heavy atom. The smallest absolute Gasteiger partial charge is 0.123 e. The molecule has 2 rings (SSSR count). The lowest BCUT2D eigenvalue weighted by atomic mass is 10.1. The Morgan fingerprint density at radius 3 is 3.05 bits per heavy atom. The number of halogens is 1. The van der Waals surface area contributed by atoms with Gasteiger partial charge in [-0.25, -0.2) is 4.39 Å². The van der Waals surface area contributed by atoms with Crippen molar-refractivity contribution in [1.29, 1.82) is 0 Å². The predicted molar refractivity (Wildman–Crippen MR) is 78.0 cm³/mol. The monoisotopic (exact) mass is 282 g/mol. The molecule has 0 bridgehead atoms. The maximum Gasteiger partial charge on any atom is 0.123 e. The molecule has 0 saturated carbocycles. The maximum atomic E-state index is 13.1. The van der Waals surface area contributed by atoms with Crippen LogP contribution in [0.3, 0.4) is 0 Å². The third kappa shape index (κ3) is 3.88. The van der Waals surface area contributed by atoms with Crippen LogP contribution in [0.15, 0.2) is 18.2 Å². The Kier molecular flexibility index (Phi) is 4.71. The van der Waals surface area contributed by atoms with E-state index >= 15 is 0 Å². The van der Waals surface area contributed by atoms with Gasteiger partial charge in [-0.15, -0.1) is 0 Å². The minimum atomic E-state index is -0.205. The van der Waals surface area contributed by atoms with Crippen molar-refractivity contribution in [2.45, 2.75) is 25.9 Å². The van der Waals surface area contributed by atoms with E-state index in [4.69, 9.17) is 22.7 Å². The van der Waals surface area contributed by atoms with Gasteiger partial charge in [0.2, 0.25) is 0 Å². The van der Waals surface area contributed by atoms with Gasteiger partial charge in [0.15, 0.2) is 0 Å². The lowest BCUT2D eigenvalue weighted by molar-refractivity contribution is 0.156. The molecule has 19 heavy (non-hydrogen) atoms. The Hall–Kier alpha value is -1.20. The van der Waals surface area contributed by atoms with Gasteiger partial charge in [-0.1, -0.05) is 19.1 Å². The Balaban J connectivity index is 1.89. The zero-order valence-electron chi connectivity index (χ0n) is 11.1. The summed E-state index contributed by atoms with van der Waals surface area (Å²) in [6.45, 7) is 4.68. The fourth-order valence-electron chi connectivity index (χ4n) is 2.33. The zero-order valence-corrected chi connectivity index (χ0v) is 11.9. The Morgan fingerprint density at radius 2 is 2.37 bits per heavy atom. The third-order valence-corrected chi connectivity index (χ3v) is 3.55.